The minimum absolute atomic E-state index is 0.188. The zero-order valence-electron chi connectivity index (χ0n) is 15.7. The number of rotatable bonds is 6. The van der Waals surface area contributed by atoms with Gasteiger partial charge in [0, 0.05) is 38.4 Å². The number of carbonyl (C=O) groups is 2. The first-order valence-electron chi connectivity index (χ1n) is 9.49. The van der Waals surface area contributed by atoms with Gasteiger partial charge in [-0.05, 0) is 37.2 Å². The summed E-state index contributed by atoms with van der Waals surface area (Å²) in [6, 6.07) is 15.7. The molecule has 2 aromatic rings. The molecule has 2 N–H and O–H groups in total. The zero-order valence-corrected chi connectivity index (χ0v) is 15.7. The molecule has 7 heteroatoms. The number of benzene rings is 2. The summed E-state index contributed by atoms with van der Waals surface area (Å²) in [4.78, 5) is 28.0. The van der Waals surface area contributed by atoms with Gasteiger partial charge in [-0.1, -0.05) is 30.3 Å². The predicted octanol–water partition coefficient (Wildman–Crippen LogP) is 2.09. The number of piperazine rings is 1. The number of para-hydroxylation sites is 2. The third kappa shape index (κ3) is 5.53. The molecule has 0 aliphatic carbocycles. The maximum absolute atomic E-state index is 13.9. The Hall–Kier alpha value is -2.93. The SMILES string of the molecule is O=C(NCCCN1CCN(c2ccccc2F)CC1)C(=O)Nc1ccccc1. The van der Waals surface area contributed by atoms with Crippen LogP contribution in [0.1, 0.15) is 6.42 Å². The molecule has 1 heterocycles. The summed E-state index contributed by atoms with van der Waals surface area (Å²) in [7, 11) is 0. The van der Waals surface area contributed by atoms with Crippen molar-refractivity contribution in [3.8, 4) is 0 Å². The van der Waals surface area contributed by atoms with Gasteiger partial charge in [0.15, 0.2) is 0 Å². The van der Waals surface area contributed by atoms with Gasteiger partial charge in [0.1, 0.15) is 5.82 Å². The Labute approximate surface area is 164 Å². The van der Waals surface area contributed by atoms with Gasteiger partial charge in [-0.3, -0.25) is 14.5 Å². The number of halogens is 1. The van der Waals surface area contributed by atoms with E-state index in [1.54, 1.807) is 36.4 Å². The Morgan fingerprint density at radius 3 is 2.29 bits per heavy atom. The van der Waals surface area contributed by atoms with Crippen molar-refractivity contribution in [3.05, 3.63) is 60.4 Å². The van der Waals surface area contributed by atoms with E-state index in [2.05, 4.69) is 20.4 Å². The average Bonchev–Trinajstić information content (AvgIpc) is 2.72. The molecule has 1 fully saturated rings. The number of amides is 2. The highest BCUT2D eigenvalue weighted by atomic mass is 19.1. The lowest BCUT2D eigenvalue weighted by Crippen LogP contribution is -2.47. The summed E-state index contributed by atoms with van der Waals surface area (Å²) in [6.07, 6.45) is 0.754. The lowest BCUT2D eigenvalue weighted by atomic mass is 10.2. The molecule has 148 valence electrons. The first-order valence-corrected chi connectivity index (χ1v) is 9.49. The van der Waals surface area contributed by atoms with Crippen molar-refractivity contribution in [2.75, 3.05) is 49.5 Å². The molecule has 1 saturated heterocycles. The summed E-state index contributed by atoms with van der Waals surface area (Å²) in [5.74, 6) is -1.48. The van der Waals surface area contributed by atoms with E-state index in [9.17, 15) is 14.0 Å². The van der Waals surface area contributed by atoms with E-state index in [0.717, 1.165) is 39.1 Å². The van der Waals surface area contributed by atoms with Gasteiger partial charge in [-0.2, -0.15) is 0 Å². The molecule has 28 heavy (non-hydrogen) atoms. The van der Waals surface area contributed by atoms with Gasteiger partial charge in [-0.15, -0.1) is 0 Å². The van der Waals surface area contributed by atoms with Crippen molar-refractivity contribution in [1.29, 1.82) is 0 Å². The fourth-order valence-corrected chi connectivity index (χ4v) is 3.21. The molecule has 1 aliphatic rings. The second-order valence-corrected chi connectivity index (χ2v) is 6.71. The minimum Gasteiger partial charge on any atom is -0.367 e. The summed E-state index contributed by atoms with van der Waals surface area (Å²) in [5, 5.41) is 5.21. The third-order valence-electron chi connectivity index (χ3n) is 4.74. The van der Waals surface area contributed by atoms with Crippen molar-refractivity contribution in [3.63, 3.8) is 0 Å². The van der Waals surface area contributed by atoms with Crippen LogP contribution in [0.3, 0.4) is 0 Å². The van der Waals surface area contributed by atoms with Crippen LogP contribution in [-0.2, 0) is 9.59 Å². The number of hydrogen-bond acceptors (Lipinski definition) is 4. The Bertz CT molecular complexity index is 792. The van der Waals surface area contributed by atoms with Crippen molar-refractivity contribution in [1.82, 2.24) is 10.2 Å². The van der Waals surface area contributed by atoms with Gasteiger partial charge in [-0.25, -0.2) is 4.39 Å². The molecule has 0 aromatic heterocycles. The Morgan fingerprint density at radius 2 is 1.57 bits per heavy atom. The lowest BCUT2D eigenvalue weighted by molar-refractivity contribution is -0.136. The Balaban J connectivity index is 1.32. The average molecular weight is 384 g/mol. The monoisotopic (exact) mass is 384 g/mol. The second-order valence-electron chi connectivity index (χ2n) is 6.71. The van der Waals surface area contributed by atoms with Crippen LogP contribution in [0.15, 0.2) is 54.6 Å². The van der Waals surface area contributed by atoms with E-state index < -0.39 is 11.8 Å². The lowest BCUT2D eigenvalue weighted by Gasteiger charge is -2.36. The molecule has 0 radical (unpaired) electrons. The maximum atomic E-state index is 13.9. The molecule has 0 atom stereocenters. The van der Waals surface area contributed by atoms with E-state index >= 15 is 0 Å². The first kappa shape index (κ1) is 19.8. The number of carbonyl (C=O) groups excluding carboxylic acids is 2. The fourth-order valence-electron chi connectivity index (χ4n) is 3.21. The number of nitrogens with zero attached hydrogens (tertiary/aromatic N) is 2. The summed E-state index contributed by atoms with van der Waals surface area (Å²) in [6.45, 7) is 4.49. The molecule has 6 nitrogen and oxygen atoms in total. The van der Waals surface area contributed by atoms with Gasteiger partial charge in [0.2, 0.25) is 0 Å². The summed E-state index contributed by atoms with van der Waals surface area (Å²) < 4.78 is 13.9. The van der Waals surface area contributed by atoms with E-state index in [1.165, 1.54) is 6.07 Å². The summed E-state index contributed by atoms with van der Waals surface area (Å²) >= 11 is 0. The highest BCUT2D eigenvalue weighted by Crippen LogP contribution is 2.20. The van der Waals surface area contributed by atoms with Crippen LogP contribution in [0, 0.1) is 5.82 Å². The predicted molar refractivity (Wildman–Crippen MR) is 108 cm³/mol. The van der Waals surface area contributed by atoms with Gasteiger partial charge < -0.3 is 15.5 Å². The van der Waals surface area contributed by atoms with E-state index in [-0.39, 0.29) is 5.82 Å². The molecule has 2 amide bonds. The van der Waals surface area contributed by atoms with Gasteiger partial charge in [0.05, 0.1) is 5.69 Å². The standard InChI is InChI=1S/C21H25FN4O2/c22-18-9-4-5-10-19(18)26-15-13-25(14-16-26)12-6-11-23-20(27)21(28)24-17-7-2-1-3-8-17/h1-5,7-10H,6,11-16H2,(H,23,27)(H,24,28). The highest BCUT2D eigenvalue weighted by Gasteiger charge is 2.19. The first-order chi connectivity index (χ1) is 13.6. The van der Waals surface area contributed by atoms with Crippen molar-refractivity contribution < 1.29 is 14.0 Å². The van der Waals surface area contributed by atoms with E-state index in [1.807, 2.05) is 12.1 Å². The van der Waals surface area contributed by atoms with Crippen molar-refractivity contribution >= 4 is 23.2 Å². The quantitative estimate of drug-likeness (QED) is 0.591. The van der Waals surface area contributed by atoms with Gasteiger partial charge >= 0.3 is 11.8 Å². The molecular weight excluding hydrogens is 359 g/mol. The third-order valence-corrected chi connectivity index (χ3v) is 4.74. The molecule has 3 rings (SSSR count). The molecule has 0 bridgehead atoms. The topological polar surface area (TPSA) is 64.7 Å². The van der Waals surface area contributed by atoms with Crippen LogP contribution in [0.25, 0.3) is 0 Å². The maximum Gasteiger partial charge on any atom is 0.313 e. The van der Waals surface area contributed by atoms with Crippen molar-refractivity contribution in [2.45, 2.75) is 6.42 Å². The van der Waals surface area contributed by atoms with Crippen LogP contribution in [0.2, 0.25) is 0 Å². The van der Waals surface area contributed by atoms with Crippen LogP contribution in [0.5, 0.6) is 0 Å². The van der Waals surface area contributed by atoms with E-state index in [0.29, 0.717) is 17.9 Å². The molecule has 0 spiro atoms. The minimum atomic E-state index is -0.662. The Kier molecular flexibility index (Phi) is 6.97. The molecule has 0 unspecified atom stereocenters. The number of nitrogens with one attached hydrogen (secondary N) is 2. The van der Waals surface area contributed by atoms with Crippen LogP contribution < -0.4 is 15.5 Å². The molecule has 1 aliphatic heterocycles. The van der Waals surface area contributed by atoms with Gasteiger partial charge in [0.25, 0.3) is 0 Å². The summed E-state index contributed by atoms with van der Waals surface area (Å²) in [5.41, 5.74) is 1.24. The Morgan fingerprint density at radius 1 is 0.893 bits per heavy atom. The molecular formula is C21H25FN4O2. The van der Waals surface area contributed by atoms with Crippen LogP contribution in [0.4, 0.5) is 15.8 Å². The van der Waals surface area contributed by atoms with E-state index in [4.69, 9.17) is 0 Å². The highest BCUT2D eigenvalue weighted by molar-refractivity contribution is 6.39. The number of anilines is 2. The van der Waals surface area contributed by atoms with Crippen LogP contribution in [-0.4, -0.2) is 56.0 Å². The van der Waals surface area contributed by atoms with Crippen LogP contribution >= 0.6 is 0 Å². The fraction of sp³-hybridized carbons (Fsp3) is 0.333. The zero-order chi connectivity index (χ0) is 19.8. The normalized spacial score (nSPS) is 14.5. The molecule has 2 aromatic carbocycles. The largest absolute Gasteiger partial charge is 0.367 e. The number of hydrogen-bond donors (Lipinski definition) is 2. The molecule has 0 saturated carbocycles. The van der Waals surface area contributed by atoms with Crippen molar-refractivity contribution in [2.24, 2.45) is 0 Å². The second kappa shape index (κ2) is 9.85. The smallest absolute Gasteiger partial charge is 0.313 e.